The number of carbonyl (C=O) groups is 3. The van der Waals surface area contributed by atoms with E-state index in [1.165, 1.54) is 36.4 Å². The van der Waals surface area contributed by atoms with Gasteiger partial charge in [-0.05, 0) is 47.5 Å². The first-order chi connectivity index (χ1) is 15.3. The lowest BCUT2D eigenvalue weighted by molar-refractivity contribution is -0.132. The minimum absolute atomic E-state index is 0.00282. The number of carboxylic acid groups (broad SMARTS) is 1. The molecule has 0 aliphatic heterocycles. The number of benzene rings is 3. The summed E-state index contributed by atoms with van der Waals surface area (Å²) in [5, 5.41) is 23.9. The van der Waals surface area contributed by atoms with E-state index >= 15 is 0 Å². The Morgan fingerprint density at radius 2 is 1.66 bits per heavy atom. The lowest BCUT2D eigenvalue weighted by Crippen LogP contribution is -2.28. The molecular formula is C24H19ClN2O5. The highest BCUT2D eigenvalue weighted by Crippen LogP contribution is 2.19. The maximum atomic E-state index is 12.6. The third kappa shape index (κ3) is 5.96. The van der Waals surface area contributed by atoms with E-state index in [4.69, 9.17) is 11.6 Å². The fraction of sp³-hybridized carbons (Fsp3) is 0.0417. The Kier molecular flexibility index (Phi) is 7.25. The predicted octanol–water partition coefficient (Wildman–Crippen LogP) is 3.83. The average molecular weight is 451 g/mol. The van der Waals surface area contributed by atoms with E-state index in [0.717, 1.165) is 0 Å². The zero-order chi connectivity index (χ0) is 23.1. The lowest BCUT2D eigenvalue weighted by Gasteiger charge is -2.10. The van der Waals surface area contributed by atoms with Gasteiger partial charge in [-0.3, -0.25) is 9.59 Å². The van der Waals surface area contributed by atoms with Crippen LogP contribution in [0.4, 0.5) is 0 Å². The highest BCUT2D eigenvalue weighted by Gasteiger charge is 2.17. The molecule has 2 amide bonds. The van der Waals surface area contributed by atoms with Crippen LogP contribution in [0, 0.1) is 0 Å². The molecule has 0 heterocycles. The Hall–Kier alpha value is -4.10. The number of aliphatic carboxylic acids is 1. The van der Waals surface area contributed by atoms with Crippen molar-refractivity contribution >= 4 is 35.5 Å². The van der Waals surface area contributed by atoms with E-state index in [9.17, 15) is 24.6 Å². The smallest absolute Gasteiger partial charge is 0.352 e. The molecule has 0 aromatic heterocycles. The third-order valence-electron chi connectivity index (χ3n) is 4.43. The molecule has 8 heteroatoms. The number of phenolic OH excluding ortho intramolecular Hbond substituents is 1. The Bertz CT molecular complexity index is 1190. The van der Waals surface area contributed by atoms with Gasteiger partial charge in [0, 0.05) is 12.1 Å². The third-order valence-corrected chi connectivity index (χ3v) is 4.74. The van der Waals surface area contributed by atoms with Crippen molar-refractivity contribution in [1.29, 1.82) is 0 Å². The van der Waals surface area contributed by atoms with Gasteiger partial charge in [0.2, 0.25) is 0 Å². The zero-order valence-electron chi connectivity index (χ0n) is 16.7. The minimum Gasteiger partial charge on any atom is -0.508 e. The number of halogens is 1. The number of phenols is 1. The van der Waals surface area contributed by atoms with Gasteiger partial charge in [-0.25, -0.2) is 4.79 Å². The standard InChI is InChI=1S/C24H19ClN2O5/c25-20-13-17(22(29)26-14-16-7-4-8-18(28)11-16)9-10-19(20)23(30)27-21(24(31)32)12-15-5-2-1-3-6-15/h1-13,28H,14H2,(H,26,29)(H,27,30)(H,31,32)/b21-12+. The number of hydrogen-bond donors (Lipinski definition) is 4. The Morgan fingerprint density at radius 1 is 0.906 bits per heavy atom. The van der Waals surface area contributed by atoms with Crippen molar-refractivity contribution in [2.75, 3.05) is 0 Å². The molecule has 3 aromatic carbocycles. The molecule has 0 atom stereocenters. The molecule has 0 saturated carbocycles. The molecule has 0 unspecified atom stereocenters. The van der Waals surface area contributed by atoms with Crippen LogP contribution in [0.2, 0.25) is 5.02 Å². The number of rotatable bonds is 7. The van der Waals surface area contributed by atoms with Crippen molar-refractivity contribution in [3.63, 3.8) is 0 Å². The van der Waals surface area contributed by atoms with Crippen LogP contribution >= 0.6 is 11.6 Å². The van der Waals surface area contributed by atoms with E-state index < -0.39 is 17.8 Å². The van der Waals surface area contributed by atoms with Gasteiger partial charge in [-0.1, -0.05) is 54.1 Å². The minimum atomic E-state index is -1.30. The summed E-state index contributed by atoms with van der Waals surface area (Å²) in [4.78, 5) is 36.5. The number of carbonyl (C=O) groups excluding carboxylic acids is 2. The Morgan fingerprint density at radius 3 is 2.31 bits per heavy atom. The lowest BCUT2D eigenvalue weighted by atomic mass is 10.1. The largest absolute Gasteiger partial charge is 0.508 e. The molecule has 7 nitrogen and oxygen atoms in total. The van der Waals surface area contributed by atoms with Crippen LogP contribution in [-0.2, 0) is 11.3 Å². The highest BCUT2D eigenvalue weighted by atomic mass is 35.5. The summed E-state index contributed by atoms with van der Waals surface area (Å²) >= 11 is 6.19. The molecule has 0 bridgehead atoms. The van der Waals surface area contributed by atoms with Crippen molar-refractivity contribution < 1.29 is 24.6 Å². The summed E-state index contributed by atoms with van der Waals surface area (Å²) in [5.74, 6) is -2.35. The second-order valence-corrected chi connectivity index (χ2v) is 7.18. The number of amides is 2. The van der Waals surface area contributed by atoms with Crippen LogP contribution < -0.4 is 10.6 Å². The van der Waals surface area contributed by atoms with Crippen LogP contribution in [0.3, 0.4) is 0 Å². The van der Waals surface area contributed by atoms with Gasteiger partial charge in [0.1, 0.15) is 11.4 Å². The molecule has 0 fully saturated rings. The van der Waals surface area contributed by atoms with Crippen LogP contribution in [0.25, 0.3) is 6.08 Å². The number of aromatic hydroxyl groups is 1. The van der Waals surface area contributed by atoms with Crippen molar-refractivity contribution in [3.8, 4) is 5.75 Å². The van der Waals surface area contributed by atoms with E-state index in [2.05, 4.69) is 10.6 Å². The van der Waals surface area contributed by atoms with E-state index in [-0.39, 0.29) is 34.1 Å². The summed E-state index contributed by atoms with van der Waals surface area (Å²) in [6.07, 6.45) is 1.33. The Labute approximate surface area is 189 Å². The van der Waals surface area contributed by atoms with E-state index in [0.29, 0.717) is 11.1 Å². The summed E-state index contributed by atoms with van der Waals surface area (Å²) < 4.78 is 0. The van der Waals surface area contributed by atoms with Crippen molar-refractivity contribution in [3.05, 3.63) is 106 Å². The highest BCUT2D eigenvalue weighted by molar-refractivity contribution is 6.34. The maximum Gasteiger partial charge on any atom is 0.352 e. The van der Waals surface area contributed by atoms with Gasteiger partial charge < -0.3 is 20.8 Å². The fourth-order valence-corrected chi connectivity index (χ4v) is 3.11. The summed E-state index contributed by atoms with van der Waals surface area (Å²) in [6, 6.07) is 19.3. The molecule has 4 N–H and O–H groups in total. The Balaban J connectivity index is 1.70. The average Bonchev–Trinajstić information content (AvgIpc) is 2.77. The molecule has 162 valence electrons. The van der Waals surface area contributed by atoms with Gasteiger partial charge in [0.15, 0.2) is 0 Å². The number of hydrogen-bond acceptors (Lipinski definition) is 4. The zero-order valence-corrected chi connectivity index (χ0v) is 17.5. The maximum absolute atomic E-state index is 12.6. The monoisotopic (exact) mass is 450 g/mol. The van der Waals surface area contributed by atoms with Crippen LogP contribution in [0.5, 0.6) is 5.75 Å². The topological polar surface area (TPSA) is 116 Å². The van der Waals surface area contributed by atoms with Crippen LogP contribution in [-0.4, -0.2) is 28.0 Å². The van der Waals surface area contributed by atoms with Gasteiger partial charge in [-0.15, -0.1) is 0 Å². The van der Waals surface area contributed by atoms with Crippen LogP contribution in [0.1, 0.15) is 31.8 Å². The number of carboxylic acids is 1. The molecule has 3 rings (SSSR count). The first-order valence-corrected chi connectivity index (χ1v) is 9.88. The first kappa shape index (κ1) is 22.6. The van der Waals surface area contributed by atoms with Crippen molar-refractivity contribution in [2.24, 2.45) is 0 Å². The fourth-order valence-electron chi connectivity index (χ4n) is 2.85. The first-order valence-electron chi connectivity index (χ1n) is 9.50. The normalized spacial score (nSPS) is 11.0. The van der Waals surface area contributed by atoms with Gasteiger partial charge in [0.25, 0.3) is 11.8 Å². The van der Waals surface area contributed by atoms with E-state index in [1.54, 1.807) is 42.5 Å². The van der Waals surface area contributed by atoms with Gasteiger partial charge >= 0.3 is 5.97 Å². The summed E-state index contributed by atoms with van der Waals surface area (Å²) in [6.45, 7) is 0.194. The predicted molar refractivity (Wildman–Crippen MR) is 120 cm³/mol. The second kappa shape index (κ2) is 10.3. The van der Waals surface area contributed by atoms with Crippen molar-refractivity contribution in [1.82, 2.24) is 10.6 Å². The quantitative estimate of drug-likeness (QED) is 0.408. The molecule has 0 radical (unpaired) electrons. The van der Waals surface area contributed by atoms with Crippen LogP contribution in [0.15, 0.2) is 78.5 Å². The molecule has 0 spiro atoms. The molecule has 3 aromatic rings. The van der Waals surface area contributed by atoms with Gasteiger partial charge in [0.05, 0.1) is 10.6 Å². The molecule has 0 saturated heterocycles. The number of nitrogens with one attached hydrogen (secondary N) is 2. The molecular weight excluding hydrogens is 432 g/mol. The molecule has 0 aliphatic rings. The molecule has 32 heavy (non-hydrogen) atoms. The van der Waals surface area contributed by atoms with E-state index in [1.807, 2.05) is 0 Å². The summed E-state index contributed by atoms with van der Waals surface area (Å²) in [5.41, 5.74) is 1.26. The molecule has 0 aliphatic carbocycles. The van der Waals surface area contributed by atoms with Gasteiger partial charge in [-0.2, -0.15) is 0 Å². The van der Waals surface area contributed by atoms with Crippen molar-refractivity contribution in [2.45, 2.75) is 6.54 Å². The second-order valence-electron chi connectivity index (χ2n) is 6.78. The SMILES string of the molecule is O=C(O)/C(=C\c1ccccc1)NC(=O)c1ccc(C(=O)NCc2cccc(O)c2)cc1Cl. The summed E-state index contributed by atoms with van der Waals surface area (Å²) in [7, 11) is 0.